The first kappa shape index (κ1) is 26.3. The Morgan fingerprint density at radius 3 is 2.50 bits per heavy atom. The van der Waals surface area contributed by atoms with Gasteiger partial charge in [0.2, 0.25) is 0 Å². The fraction of sp³-hybridized carbons (Fsp3) is 0.926. The number of hydrogen-bond donors (Lipinski definition) is 0. The lowest BCUT2D eigenvalue weighted by atomic mass is 9.44. The smallest absolute Gasteiger partial charge is 0.320 e. The fourth-order valence-corrected chi connectivity index (χ4v) is 8.72. The summed E-state index contributed by atoms with van der Waals surface area (Å²) in [6.45, 7) is 17.3. The highest BCUT2D eigenvalue weighted by molar-refractivity contribution is 6.74. The molecule has 3 saturated carbocycles. The van der Waals surface area contributed by atoms with Gasteiger partial charge in [0.15, 0.2) is 14.1 Å². The van der Waals surface area contributed by atoms with Crippen molar-refractivity contribution in [3.8, 4) is 0 Å². The zero-order valence-electron chi connectivity index (χ0n) is 22.6. The van der Waals surface area contributed by atoms with Crippen molar-refractivity contribution < 1.29 is 28.2 Å². The van der Waals surface area contributed by atoms with E-state index >= 15 is 0 Å². The number of cyclic esters (lactones) is 1. The molecule has 0 N–H and O–H groups in total. The van der Waals surface area contributed by atoms with Gasteiger partial charge in [0.25, 0.3) is 0 Å². The number of hydrogen-bond acceptors (Lipinski definition) is 6. The summed E-state index contributed by atoms with van der Waals surface area (Å²) in [5, 5.41) is 0.114. The maximum atomic E-state index is 13.6. The Bertz CT molecular complexity index is 806. The van der Waals surface area contributed by atoms with Crippen molar-refractivity contribution in [2.75, 3.05) is 27.1 Å². The Hall–Kier alpha value is -0.763. The van der Waals surface area contributed by atoms with E-state index in [1.807, 2.05) is 0 Å². The summed E-state index contributed by atoms with van der Waals surface area (Å²) < 4.78 is 24.5. The third-order valence-electron chi connectivity index (χ3n) is 10.4. The maximum absolute atomic E-state index is 13.6. The molecule has 2 spiro atoms. The maximum Gasteiger partial charge on any atom is 0.320 e. The van der Waals surface area contributed by atoms with Crippen LogP contribution >= 0.6 is 0 Å². The van der Waals surface area contributed by atoms with Crippen LogP contribution in [0, 0.1) is 34.0 Å². The molecule has 194 valence electrons. The quantitative estimate of drug-likeness (QED) is 0.214. The number of fused-ring (bicyclic) bond motifs is 2. The van der Waals surface area contributed by atoms with Gasteiger partial charge < -0.3 is 18.6 Å². The number of Topliss-reactive ketones (excluding diaryl/α,β-unsaturated/α-hetero) is 1. The summed E-state index contributed by atoms with van der Waals surface area (Å²) >= 11 is 0. The highest BCUT2D eigenvalue weighted by atomic mass is 28.4. The second-order valence-electron chi connectivity index (χ2n) is 13.8. The SMILES string of the molecule is COCO[C@@H]1C[C@H]2CC(=O)[C@]3(C2)C(=O)OC[C@]2(CCCC(C)(C)[C@H]2CO[Si](C)(C)C(C)(C)C)[C@H]13. The standard InChI is InChI=1S/C27H46O6Si/c1-24(2,3)34(7,8)33-15-20-25(4,5)10-9-11-26(20)16-31-23(29)27-14-18(13-21(27)28)12-19(22(26)27)32-17-30-6/h18-20,22H,9-17H2,1-8H3/t18-,19+,20+,22-,26-,27-/m0/s1. The lowest BCUT2D eigenvalue weighted by Crippen LogP contribution is -2.67. The zero-order chi connectivity index (χ0) is 25.2. The van der Waals surface area contributed by atoms with Crippen LogP contribution in [0.3, 0.4) is 0 Å². The summed E-state index contributed by atoms with van der Waals surface area (Å²) in [4.78, 5) is 27.0. The normalized spacial score (nSPS) is 39.8. The van der Waals surface area contributed by atoms with Crippen LogP contribution in [0.5, 0.6) is 0 Å². The van der Waals surface area contributed by atoms with E-state index in [1.165, 1.54) is 0 Å². The molecule has 1 aliphatic heterocycles. The van der Waals surface area contributed by atoms with E-state index in [2.05, 4.69) is 47.7 Å². The van der Waals surface area contributed by atoms with Crippen LogP contribution in [0.15, 0.2) is 0 Å². The Balaban J connectivity index is 1.79. The fourth-order valence-electron chi connectivity index (χ4n) is 7.70. The summed E-state index contributed by atoms with van der Waals surface area (Å²) in [5.74, 6) is -0.0603. The second kappa shape index (κ2) is 8.67. The minimum absolute atomic E-state index is 0.00978. The van der Waals surface area contributed by atoms with Crippen LogP contribution in [-0.4, -0.2) is 53.3 Å². The van der Waals surface area contributed by atoms with Gasteiger partial charge in [-0.2, -0.15) is 0 Å². The van der Waals surface area contributed by atoms with E-state index in [0.717, 1.165) is 25.7 Å². The van der Waals surface area contributed by atoms with Crippen LogP contribution in [-0.2, 0) is 28.2 Å². The van der Waals surface area contributed by atoms with E-state index < -0.39 is 13.7 Å². The summed E-state index contributed by atoms with van der Waals surface area (Å²) in [7, 11) is -0.357. The second-order valence-corrected chi connectivity index (χ2v) is 18.6. The Labute approximate surface area is 206 Å². The van der Waals surface area contributed by atoms with Gasteiger partial charge in [-0.25, -0.2) is 0 Å². The first-order valence-electron chi connectivity index (χ1n) is 13.2. The van der Waals surface area contributed by atoms with Crippen molar-refractivity contribution in [3.63, 3.8) is 0 Å². The molecule has 1 saturated heterocycles. The highest BCUT2D eigenvalue weighted by Gasteiger charge is 2.73. The Morgan fingerprint density at radius 2 is 1.85 bits per heavy atom. The minimum Gasteiger partial charge on any atom is -0.464 e. The van der Waals surface area contributed by atoms with Crippen molar-refractivity contribution >= 4 is 20.1 Å². The van der Waals surface area contributed by atoms with Crippen LogP contribution in [0.4, 0.5) is 0 Å². The van der Waals surface area contributed by atoms with E-state index in [0.29, 0.717) is 26.1 Å². The van der Waals surface area contributed by atoms with Gasteiger partial charge >= 0.3 is 5.97 Å². The van der Waals surface area contributed by atoms with Crippen molar-refractivity contribution in [2.24, 2.45) is 34.0 Å². The molecule has 3 aliphatic carbocycles. The molecule has 34 heavy (non-hydrogen) atoms. The lowest BCUT2D eigenvalue weighted by Gasteiger charge is -2.63. The number of carbonyl (C=O) groups is 2. The van der Waals surface area contributed by atoms with Gasteiger partial charge in [-0.1, -0.05) is 41.0 Å². The molecule has 6 nitrogen and oxygen atoms in total. The molecule has 0 radical (unpaired) electrons. The number of methoxy groups -OCH3 is 1. The third kappa shape index (κ3) is 3.93. The molecule has 2 bridgehead atoms. The van der Waals surface area contributed by atoms with Gasteiger partial charge in [0.05, 0.1) is 12.7 Å². The average Bonchev–Trinajstić information content (AvgIpc) is 2.97. The molecule has 7 heteroatoms. The average molecular weight is 495 g/mol. The topological polar surface area (TPSA) is 71.1 Å². The van der Waals surface area contributed by atoms with Crippen molar-refractivity contribution in [3.05, 3.63) is 0 Å². The van der Waals surface area contributed by atoms with Gasteiger partial charge in [0, 0.05) is 31.5 Å². The van der Waals surface area contributed by atoms with Crippen LogP contribution < -0.4 is 0 Å². The van der Waals surface area contributed by atoms with E-state index in [9.17, 15) is 9.59 Å². The van der Waals surface area contributed by atoms with Crippen LogP contribution in [0.2, 0.25) is 18.1 Å². The number of ketones is 1. The molecule has 1 heterocycles. The minimum atomic E-state index is -1.98. The first-order valence-corrected chi connectivity index (χ1v) is 16.1. The third-order valence-corrected chi connectivity index (χ3v) is 14.9. The summed E-state index contributed by atoms with van der Waals surface area (Å²) in [6, 6.07) is 0. The Morgan fingerprint density at radius 1 is 1.15 bits per heavy atom. The molecule has 0 amide bonds. The van der Waals surface area contributed by atoms with Gasteiger partial charge in [-0.05, 0) is 61.1 Å². The van der Waals surface area contributed by atoms with Crippen molar-refractivity contribution in [1.82, 2.24) is 0 Å². The van der Waals surface area contributed by atoms with E-state index in [-0.39, 0.29) is 58.3 Å². The van der Waals surface area contributed by atoms with Gasteiger partial charge in [0.1, 0.15) is 12.2 Å². The summed E-state index contributed by atoms with van der Waals surface area (Å²) in [5.41, 5.74) is -1.39. The zero-order valence-corrected chi connectivity index (χ0v) is 23.6. The number of ether oxygens (including phenoxy) is 3. The molecule has 0 aromatic heterocycles. The molecular formula is C27H46O6Si. The van der Waals surface area contributed by atoms with Crippen LogP contribution in [0.25, 0.3) is 0 Å². The molecule has 4 aliphatic rings. The molecule has 4 rings (SSSR count). The van der Waals surface area contributed by atoms with Crippen molar-refractivity contribution in [2.45, 2.75) is 97.4 Å². The number of rotatable bonds is 6. The van der Waals surface area contributed by atoms with Gasteiger partial charge in [-0.15, -0.1) is 0 Å². The monoisotopic (exact) mass is 494 g/mol. The summed E-state index contributed by atoms with van der Waals surface area (Å²) in [6.07, 6.45) is 4.81. The van der Waals surface area contributed by atoms with E-state index in [4.69, 9.17) is 18.6 Å². The van der Waals surface area contributed by atoms with E-state index in [1.54, 1.807) is 7.11 Å². The number of esters is 1. The molecule has 0 aromatic rings. The Kier molecular flexibility index (Phi) is 6.71. The van der Waals surface area contributed by atoms with Crippen molar-refractivity contribution in [1.29, 1.82) is 0 Å². The largest absolute Gasteiger partial charge is 0.464 e. The predicted octanol–water partition coefficient (Wildman–Crippen LogP) is 5.35. The lowest BCUT2D eigenvalue weighted by molar-refractivity contribution is -0.245. The molecular weight excluding hydrogens is 448 g/mol. The molecule has 0 unspecified atom stereocenters. The molecule has 4 fully saturated rings. The van der Waals surface area contributed by atoms with Gasteiger partial charge in [-0.3, -0.25) is 9.59 Å². The highest BCUT2D eigenvalue weighted by Crippen LogP contribution is 2.68. The molecule has 0 aromatic carbocycles. The van der Waals surface area contributed by atoms with Crippen LogP contribution in [0.1, 0.15) is 73.1 Å². The predicted molar refractivity (Wildman–Crippen MR) is 133 cm³/mol. The first-order chi connectivity index (χ1) is 15.7. The number of carbonyl (C=O) groups excluding carboxylic acids is 2. The molecule has 6 atom stereocenters.